The van der Waals surface area contributed by atoms with Crippen molar-refractivity contribution in [2.75, 3.05) is 0 Å². The number of hydrogen-bond acceptors (Lipinski definition) is 3. The van der Waals surface area contributed by atoms with Crippen LogP contribution in [0, 0.1) is 13.8 Å². The summed E-state index contributed by atoms with van der Waals surface area (Å²) in [6.45, 7) is 3.73. The highest BCUT2D eigenvalue weighted by atomic mass is 16.1. The molecule has 0 aliphatic carbocycles. The van der Waals surface area contributed by atoms with Crippen LogP contribution in [0.1, 0.15) is 21.7 Å². The first-order chi connectivity index (χ1) is 7.20. The molecule has 0 unspecified atom stereocenters. The first-order valence-corrected chi connectivity index (χ1v) is 4.65. The standard InChI is InChI=1S/C11H11N3O/c1-8-3-4-11(5-10(8)6-15)14-7-12-9(2)13-14/h3-7H,1-2H3. The van der Waals surface area contributed by atoms with Crippen LogP contribution in [-0.2, 0) is 0 Å². The summed E-state index contributed by atoms with van der Waals surface area (Å²) in [5.41, 5.74) is 2.49. The zero-order valence-electron chi connectivity index (χ0n) is 8.64. The summed E-state index contributed by atoms with van der Waals surface area (Å²) in [4.78, 5) is 14.8. The van der Waals surface area contributed by atoms with Crippen LogP contribution < -0.4 is 0 Å². The molecule has 1 aromatic heterocycles. The highest BCUT2D eigenvalue weighted by Crippen LogP contribution is 2.12. The van der Waals surface area contributed by atoms with Gasteiger partial charge in [-0.1, -0.05) is 6.07 Å². The zero-order chi connectivity index (χ0) is 10.8. The Bertz CT molecular complexity index is 502. The summed E-state index contributed by atoms with van der Waals surface area (Å²) in [6.07, 6.45) is 2.48. The Labute approximate surface area is 87.6 Å². The van der Waals surface area contributed by atoms with E-state index in [0.29, 0.717) is 11.4 Å². The Morgan fingerprint density at radius 2 is 2.13 bits per heavy atom. The van der Waals surface area contributed by atoms with Gasteiger partial charge in [-0.25, -0.2) is 9.67 Å². The zero-order valence-corrected chi connectivity index (χ0v) is 8.64. The first-order valence-electron chi connectivity index (χ1n) is 4.65. The van der Waals surface area contributed by atoms with E-state index in [2.05, 4.69) is 10.1 Å². The molecule has 2 aromatic rings. The van der Waals surface area contributed by atoms with E-state index in [0.717, 1.165) is 17.5 Å². The topological polar surface area (TPSA) is 47.8 Å². The van der Waals surface area contributed by atoms with Crippen molar-refractivity contribution in [1.29, 1.82) is 0 Å². The highest BCUT2D eigenvalue weighted by Gasteiger charge is 2.02. The molecule has 1 aromatic carbocycles. The summed E-state index contributed by atoms with van der Waals surface area (Å²) < 4.78 is 1.65. The number of aryl methyl sites for hydroxylation is 2. The van der Waals surface area contributed by atoms with Gasteiger partial charge in [0.1, 0.15) is 18.4 Å². The Morgan fingerprint density at radius 1 is 1.33 bits per heavy atom. The molecule has 2 rings (SSSR count). The van der Waals surface area contributed by atoms with Crippen LogP contribution >= 0.6 is 0 Å². The average Bonchev–Trinajstić information content (AvgIpc) is 2.66. The van der Waals surface area contributed by atoms with Gasteiger partial charge in [-0.2, -0.15) is 5.10 Å². The molecule has 1 heterocycles. The van der Waals surface area contributed by atoms with Crippen molar-refractivity contribution in [2.24, 2.45) is 0 Å². The van der Waals surface area contributed by atoms with E-state index >= 15 is 0 Å². The molecule has 15 heavy (non-hydrogen) atoms. The molecule has 0 N–H and O–H groups in total. The number of hydrogen-bond donors (Lipinski definition) is 0. The predicted molar refractivity (Wildman–Crippen MR) is 56.2 cm³/mol. The van der Waals surface area contributed by atoms with Gasteiger partial charge in [-0.05, 0) is 31.5 Å². The summed E-state index contributed by atoms with van der Waals surface area (Å²) in [5, 5.41) is 4.18. The Balaban J connectivity index is 2.50. The molecule has 0 aliphatic rings. The van der Waals surface area contributed by atoms with Crippen molar-refractivity contribution in [3.63, 3.8) is 0 Å². The third kappa shape index (κ3) is 1.79. The van der Waals surface area contributed by atoms with Gasteiger partial charge in [0.2, 0.25) is 0 Å². The van der Waals surface area contributed by atoms with Crippen LogP contribution in [0.15, 0.2) is 24.5 Å². The number of carbonyl (C=O) groups excluding carboxylic acids is 1. The molecule has 0 fully saturated rings. The smallest absolute Gasteiger partial charge is 0.150 e. The van der Waals surface area contributed by atoms with E-state index in [1.54, 1.807) is 17.1 Å². The lowest BCUT2D eigenvalue weighted by Gasteiger charge is -2.03. The summed E-state index contributed by atoms with van der Waals surface area (Å²) in [5.74, 6) is 0.711. The molecule has 76 valence electrons. The fourth-order valence-electron chi connectivity index (χ4n) is 1.37. The number of rotatable bonds is 2. The van der Waals surface area contributed by atoms with Crippen molar-refractivity contribution >= 4 is 6.29 Å². The van der Waals surface area contributed by atoms with Crippen molar-refractivity contribution in [3.8, 4) is 5.69 Å². The van der Waals surface area contributed by atoms with Gasteiger partial charge >= 0.3 is 0 Å². The SMILES string of the molecule is Cc1ncn(-c2ccc(C)c(C=O)c2)n1. The van der Waals surface area contributed by atoms with Gasteiger partial charge in [-0.15, -0.1) is 0 Å². The third-order valence-corrected chi connectivity index (χ3v) is 2.26. The third-order valence-electron chi connectivity index (χ3n) is 2.26. The van der Waals surface area contributed by atoms with Crippen molar-refractivity contribution < 1.29 is 4.79 Å². The Morgan fingerprint density at radius 3 is 2.73 bits per heavy atom. The molecule has 0 saturated carbocycles. The predicted octanol–water partition coefficient (Wildman–Crippen LogP) is 1.70. The van der Waals surface area contributed by atoms with Crippen LogP contribution in [0.5, 0.6) is 0 Å². The van der Waals surface area contributed by atoms with E-state index in [9.17, 15) is 4.79 Å². The van der Waals surface area contributed by atoms with Crippen LogP contribution in [0.4, 0.5) is 0 Å². The molecule has 0 saturated heterocycles. The second kappa shape index (κ2) is 3.65. The maximum absolute atomic E-state index is 10.8. The first kappa shape index (κ1) is 9.58. The van der Waals surface area contributed by atoms with E-state index < -0.39 is 0 Å². The lowest BCUT2D eigenvalue weighted by molar-refractivity contribution is 0.112. The van der Waals surface area contributed by atoms with Crippen LogP contribution in [0.2, 0.25) is 0 Å². The maximum atomic E-state index is 10.8. The number of aldehydes is 1. The van der Waals surface area contributed by atoms with Gasteiger partial charge in [0.15, 0.2) is 0 Å². The molecular weight excluding hydrogens is 190 g/mol. The lowest BCUT2D eigenvalue weighted by Crippen LogP contribution is -1.97. The normalized spacial score (nSPS) is 10.3. The van der Waals surface area contributed by atoms with Crippen molar-refractivity contribution in [3.05, 3.63) is 41.5 Å². The second-order valence-electron chi connectivity index (χ2n) is 3.40. The van der Waals surface area contributed by atoms with Crippen LogP contribution in [-0.4, -0.2) is 21.1 Å². The van der Waals surface area contributed by atoms with Crippen molar-refractivity contribution in [2.45, 2.75) is 13.8 Å². The summed E-state index contributed by atoms with van der Waals surface area (Å²) >= 11 is 0. The van der Waals surface area contributed by atoms with Crippen molar-refractivity contribution in [1.82, 2.24) is 14.8 Å². The molecule has 0 spiro atoms. The molecule has 0 bridgehead atoms. The maximum Gasteiger partial charge on any atom is 0.150 e. The average molecular weight is 201 g/mol. The second-order valence-corrected chi connectivity index (χ2v) is 3.40. The van der Waals surface area contributed by atoms with Gasteiger partial charge in [0, 0.05) is 5.56 Å². The largest absolute Gasteiger partial charge is 0.298 e. The minimum absolute atomic E-state index is 0.681. The van der Waals surface area contributed by atoms with E-state index in [4.69, 9.17) is 0 Å². The van der Waals surface area contributed by atoms with Gasteiger partial charge in [0.25, 0.3) is 0 Å². The van der Waals surface area contributed by atoms with Crippen LogP contribution in [0.25, 0.3) is 5.69 Å². The van der Waals surface area contributed by atoms with E-state index in [1.807, 2.05) is 26.0 Å². The van der Waals surface area contributed by atoms with E-state index in [-0.39, 0.29) is 0 Å². The molecule has 4 heteroatoms. The summed E-state index contributed by atoms with van der Waals surface area (Å²) in [7, 11) is 0. The van der Waals surface area contributed by atoms with Gasteiger partial charge in [0.05, 0.1) is 5.69 Å². The Hall–Kier alpha value is -1.97. The molecule has 0 atom stereocenters. The quantitative estimate of drug-likeness (QED) is 0.695. The monoisotopic (exact) mass is 201 g/mol. The fraction of sp³-hybridized carbons (Fsp3) is 0.182. The van der Waals surface area contributed by atoms with Gasteiger partial charge < -0.3 is 0 Å². The highest BCUT2D eigenvalue weighted by molar-refractivity contribution is 5.78. The Kier molecular flexibility index (Phi) is 2.33. The summed E-state index contributed by atoms with van der Waals surface area (Å²) in [6, 6.07) is 5.61. The fourth-order valence-corrected chi connectivity index (χ4v) is 1.37. The van der Waals surface area contributed by atoms with E-state index in [1.165, 1.54) is 0 Å². The van der Waals surface area contributed by atoms with Crippen LogP contribution in [0.3, 0.4) is 0 Å². The number of carbonyl (C=O) groups is 1. The number of nitrogens with zero attached hydrogens (tertiary/aromatic N) is 3. The molecule has 0 amide bonds. The van der Waals surface area contributed by atoms with Gasteiger partial charge in [-0.3, -0.25) is 4.79 Å². The minimum atomic E-state index is 0.681. The molecular formula is C11H11N3O. The minimum Gasteiger partial charge on any atom is -0.298 e. The molecule has 4 nitrogen and oxygen atoms in total. The lowest BCUT2D eigenvalue weighted by atomic mass is 10.1. The molecule has 0 radical (unpaired) electrons. The number of aromatic nitrogens is 3. The number of benzene rings is 1. The molecule has 0 aliphatic heterocycles.